The molecule has 1 saturated heterocycles. The molecule has 0 aromatic carbocycles. The monoisotopic (exact) mass is 231 g/mol. The number of carbonyl (C=O) groups excluding carboxylic acids is 1. The molecular formula is C10H17NO5. The third-order valence-electron chi connectivity index (χ3n) is 2.66. The number of hydrogen-bond acceptors (Lipinski definition) is 4. The molecule has 92 valence electrons. The van der Waals surface area contributed by atoms with Crippen molar-refractivity contribution in [1.29, 1.82) is 0 Å². The first-order valence-electron chi connectivity index (χ1n) is 5.26. The van der Waals surface area contributed by atoms with Gasteiger partial charge >= 0.3 is 5.97 Å². The Morgan fingerprint density at radius 3 is 2.19 bits per heavy atom. The summed E-state index contributed by atoms with van der Waals surface area (Å²) >= 11 is 0. The zero-order valence-corrected chi connectivity index (χ0v) is 9.17. The van der Waals surface area contributed by atoms with Gasteiger partial charge in [-0.05, 0) is 5.92 Å². The summed E-state index contributed by atoms with van der Waals surface area (Å²) in [6.45, 7) is 1.94. The van der Waals surface area contributed by atoms with Crippen molar-refractivity contribution in [3.05, 3.63) is 0 Å². The van der Waals surface area contributed by atoms with E-state index in [0.717, 1.165) is 0 Å². The Morgan fingerprint density at radius 1 is 1.25 bits per heavy atom. The standard InChI is InChI=1S/C10H17NO5/c1-6(3-10(15)16)2-9(14)11-4-7(12)8(13)5-11/h6-8,12-13H,2-5H2,1H3,(H,15,16)/t6?,7-,8+. The molecular weight excluding hydrogens is 214 g/mol. The minimum absolute atomic E-state index is 0.0509. The summed E-state index contributed by atoms with van der Waals surface area (Å²) in [6.07, 6.45) is -1.70. The minimum atomic E-state index is -0.929. The summed E-state index contributed by atoms with van der Waals surface area (Å²) < 4.78 is 0. The number of likely N-dealkylation sites (tertiary alicyclic amines) is 1. The number of aliphatic hydroxyl groups is 2. The smallest absolute Gasteiger partial charge is 0.303 e. The van der Waals surface area contributed by atoms with Gasteiger partial charge in [0.2, 0.25) is 5.91 Å². The van der Waals surface area contributed by atoms with Crippen molar-refractivity contribution >= 4 is 11.9 Å². The number of nitrogens with zero attached hydrogens (tertiary/aromatic N) is 1. The van der Waals surface area contributed by atoms with Crippen molar-refractivity contribution in [3.63, 3.8) is 0 Å². The van der Waals surface area contributed by atoms with E-state index in [2.05, 4.69) is 0 Å². The number of aliphatic hydroxyl groups excluding tert-OH is 2. The van der Waals surface area contributed by atoms with Crippen molar-refractivity contribution in [1.82, 2.24) is 4.90 Å². The third-order valence-corrected chi connectivity index (χ3v) is 2.66. The van der Waals surface area contributed by atoms with Crippen LogP contribution in [0.5, 0.6) is 0 Å². The molecule has 0 saturated carbocycles. The van der Waals surface area contributed by atoms with E-state index in [1.165, 1.54) is 4.90 Å². The highest BCUT2D eigenvalue weighted by Gasteiger charge is 2.32. The molecule has 16 heavy (non-hydrogen) atoms. The maximum absolute atomic E-state index is 11.6. The molecule has 1 fully saturated rings. The molecule has 0 spiro atoms. The molecule has 1 rings (SSSR count). The topological polar surface area (TPSA) is 98.1 Å². The molecule has 3 atom stereocenters. The minimum Gasteiger partial charge on any atom is -0.481 e. The van der Waals surface area contributed by atoms with Crippen LogP contribution in [-0.2, 0) is 9.59 Å². The molecule has 1 aliphatic heterocycles. The van der Waals surface area contributed by atoms with Crippen molar-refractivity contribution in [2.24, 2.45) is 5.92 Å². The third kappa shape index (κ3) is 3.46. The molecule has 0 radical (unpaired) electrons. The second-order valence-electron chi connectivity index (χ2n) is 4.34. The maximum Gasteiger partial charge on any atom is 0.303 e. The summed E-state index contributed by atoms with van der Waals surface area (Å²) in [4.78, 5) is 23.4. The lowest BCUT2D eigenvalue weighted by Crippen LogP contribution is -2.31. The van der Waals surface area contributed by atoms with Crippen LogP contribution in [-0.4, -0.2) is 57.4 Å². The number of carboxylic acid groups (broad SMARTS) is 1. The second-order valence-corrected chi connectivity index (χ2v) is 4.34. The number of carboxylic acids is 1. The second kappa shape index (κ2) is 5.27. The fourth-order valence-electron chi connectivity index (χ4n) is 1.77. The highest BCUT2D eigenvalue weighted by molar-refractivity contribution is 5.77. The zero-order valence-electron chi connectivity index (χ0n) is 9.17. The number of hydrogen-bond donors (Lipinski definition) is 3. The summed E-state index contributed by atoms with van der Waals surface area (Å²) in [7, 11) is 0. The van der Waals surface area contributed by atoms with Gasteiger partial charge in [0, 0.05) is 25.9 Å². The number of β-amino-alcohol motifs (C(OH)–C–C–N with tert-alkyl or cyclic N) is 2. The van der Waals surface area contributed by atoms with Crippen LogP contribution in [0.1, 0.15) is 19.8 Å². The molecule has 1 amide bonds. The Kier molecular flexibility index (Phi) is 4.26. The SMILES string of the molecule is CC(CC(=O)O)CC(=O)N1C[C@@H](O)[C@@H](O)C1. The molecule has 0 aliphatic carbocycles. The van der Waals surface area contributed by atoms with Gasteiger partial charge in [0.05, 0.1) is 12.2 Å². The molecule has 3 N–H and O–H groups in total. The van der Waals surface area contributed by atoms with Gasteiger partial charge in [0.15, 0.2) is 0 Å². The summed E-state index contributed by atoms with van der Waals surface area (Å²) in [6, 6.07) is 0. The predicted molar refractivity (Wildman–Crippen MR) is 54.6 cm³/mol. The Balaban J connectivity index is 2.38. The highest BCUT2D eigenvalue weighted by atomic mass is 16.4. The van der Waals surface area contributed by atoms with Gasteiger partial charge in [-0.15, -0.1) is 0 Å². The first-order valence-corrected chi connectivity index (χ1v) is 5.26. The molecule has 0 bridgehead atoms. The van der Waals surface area contributed by atoms with E-state index in [1.54, 1.807) is 6.92 Å². The van der Waals surface area contributed by atoms with Crippen LogP contribution >= 0.6 is 0 Å². The lowest BCUT2D eigenvalue weighted by molar-refractivity contribution is -0.138. The van der Waals surface area contributed by atoms with E-state index >= 15 is 0 Å². The van der Waals surface area contributed by atoms with Gasteiger partial charge in [0.25, 0.3) is 0 Å². The Bertz CT molecular complexity index is 270. The van der Waals surface area contributed by atoms with Crippen molar-refractivity contribution < 1.29 is 24.9 Å². The largest absolute Gasteiger partial charge is 0.481 e. The van der Waals surface area contributed by atoms with Crippen LogP contribution in [0.2, 0.25) is 0 Å². The Morgan fingerprint density at radius 2 is 1.75 bits per heavy atom. The molecule has 0 aromatic rings. The Labute approximate surface area is 93.5 Å². The van der Waals surface area contributed by atoms with Crippen LogP contribution < -0.4 is 0 Å². The maximum atomic E-state index is 11.6. The highest BCUT2D eigenvalue weighted by Crippen LogP contribution is 2.15. The Hall–Kier alpha value is -1.14. The number of carbonyl (C=O) groups is 2. The molecule has 6 nitrogen and oxygen atoms in total. The summed E-state index contributed by atoms with van der Waals surface area (Å²) in [5.74, 6) is -1.38. The van der Waals surface area contributed by atoms with Gasteiger partial charge in [0.1, 0.15) is 0 Å². The number of amides is 1. The first-order chi connectivity index (χ1) is 7.40. The molecule has 1 unspecified atom stereocenters. The molecule has 6 heteroatoms. The van der Waals surface area contributed by atoms with E-state index in [1.807, 2.05) is 0 Å². The van der Waals surface area contributed by atoms with Crippen molar-refractivity contribution in [3.8, 4) is 0 Å². The van der Waals surface area contributed by atoms with Crippen molar-refractivity contribution in [2.75, 3.05) is 13.1 Å². The van der Waals surface area contributed by atoms with Gasteiger partial charge < -0.3 is 20.2 Å². The van der Waals surface area contributed by atoms with Crippen LogP contribution in [0.4, 0.5) is 0 Å². The van der Waals surface area contributed by atoms with Crippen molar-refractivity contribution in [2.45, 2.75) is 32.0 Å². The average molecular weight is 231 g/mol. The van der Waals surface area contributed by atoms with E-state index in [4.69, 9.17) is 5.11 Å². The van der Waals surface area contributed by atoms with E-state index in [0.29, 0.717) is 0 Å². The fourth-order valence-corrected chi connectivity index (χ4v) is 1.77. The molecule has 1 aliphatic rings. The number of aliphatic carboxylic acids is 1. The van der Waals surface area contributed by atoms with Crippen LogP contribution in [0.3, 0.4) is 0 Å². The molecule has 1 heterocycles. The average Bonchev–Trinajstić information content (AvgIpc) is 2.45. The normalized spacial score (nSPS) is 26.8. The lowest BCUT2D eigenvalue weighted by Gasteiger charge is -2.17. The first kappa shape index (κ1) is 12.9. The zero-order chi connectivity index (χ0) is 12.3. The van der Waals surface area contributed by atoms with Crippen LogP contribution in [0.25, 0.3) is 0 Å². The number of rotatable bonds is 4. The van der Waals surface area contributed by atoms with Gasteiger partial charge in [-0.25, -0.2) is 0 Å². The van der Waals surface area contributed by atoms with Gasteiger partial charge in [-0.3, -0.25) is 9.59 Å². The van der Waals surface area contributed by atoms with Gasteiger partial charge in [-0.1, -0.05) is 6.92 Å². The van der Waals surface area contributed by atoms with Gasteiger partial charge in [-0.2, -0.15) is 0 Å². The summed E-state index contributed by atoms with van der Waals surface area (Å²) in [5.41, 5.74) is 0. The quantitative estimate of drug-likeness (QED) is 0.579. The summed E-state index contributed by atoms with van der Waals surface area (Å²) in [5, 5.41) is 27.1. The fraction of sp³-hybridized carbons (Fsp3) is 0.800. The van der Waals surface area contributed by atoms with Crippen LogP contribution in [0.15, 0.2) is 0 Å². The predicted octanol–water partition coefficient (Wildman–Crippen LogP) is -0.949. The van der Waals surface area contributed by atoms with E-state index < -0.39 is 18.2 Å². The molecule has 0 aromatic heterocycles. The van der Waals surface area contributed by atoms with Crippen LogP contribution in [0, 0.1) is 5.92 Å². The van der Waals surface area contributed by atoms with E-state index in [9.17, 15) is 19.8 Å². The lowest BCUT2D eigenvalue weighted by atomic mass is 10.0. The van der Waals surface area contributed by atoms with E-state index in [-0.39, 0.29) is 37.8 Å².